The second-order valence-electron chi connectivity index (χ2n) is 3.70. The largest absolute Gasteiger partial charge is 0.474 e. The molecular formula is C11H17Cl2N3O2. The molecule has 2 rings (SSSR count). The summed E-state index contributed by atoms with van der Waals surface area (Å²) in [6.07, 6.45) is 0. The van der Waals surface area contributed by atoms with Crippen molar-refractivity contribution in [2.45, 2.75) is 0 Å². The van der Waals surface area contributed by atoms with E-state index in [0.717, 1.165) is 16.7 Å². The predicted octanol–water partition coefficient (Wildman–Crippen LogP) is 2.07. The third kappa shape index (κ3) is 3.41. The van der Waals surface area contributed by atoms with E-state index in [0.29, 0.717) is 19.0 Å². The van der Waals surface area contributed by atoms with Crippen molar-refractivity contribution >= 4 is 41.5 Å². The minimum absolute atomic E-state index is 0. The highest BCUT2D eigenvalue weighted by molar-refractivity contribution is 5.86. The number of hydrogen-bond acceptors (Lipinski definition) is 5. The van der Waals surface area contributed by atoms with E-state index >= 15 is 0 Å². The molecule has 0 fully saturated rings. The highest BCUT2D eigenvalue weighted by Gasteiger charge is 2.10. The first-order chi connectivity index (χ1) is 7.72. The lowest BCUT2D eigenvalue weighted by Gasteiger charge is -2.11. The predicted molar refractivity (Wildman–Crippen MR) is 77.4 cm³/mol. The van der Waals surface area contributed by atoms with Gasteiger partial charge in [-0.3, -0.25) is 0 Å². The van der Waals surface area contributed by atoms with Crippen molar-refractivity contribution in [2.75, 3.05) is 32.1 Å². The van der Waals surface area contributed by atoms with E-state index in [1.54, 1.807) is 0 Å². The van der Waals surface area contributed by atoms with E-state index < -0.39 is 0 Å². The summed E-state index contributed by atoms with van der Waals surface area (Å²) in [5, 5.41) is 4.74. The van der Waals surface area contributed by atoms with Crippen molar-refractivity contribution in [3.05, 3.63) is 18.2 Å². The minimum atomic E-state index is 0. The van der Waals surface area contributed by atoms with Crippen molar-refractivity contribution in [1.29, 1.82) is 0 Å². The summed E-state index contributed by atoms with van der Waals surface area (Å²) in [6.45, 7) is 0.898. The summed E-state index contributed by atoms with van der Waals surface area (Å²) in [5.74, 6) is 0.504. The maximum absolute atomic E-state index is 5.39. The van der Waals surface area contributed by atoms with E-state index in [1.807, 2.05) is 37.2 Å². The van der Waals surface area contributed by atoms with E-state index in [9.17, 15) is 0 Å². The van der Waals surface area contributed by atoms with Gasteiger partial charge < -0.3 is 19.9 Å². The first-order valence-electron chi connectivity index (χ1n) is 5.12. The van der Waals surface area contributed by atoms with Crippen molar-refractivity contribution in [3.63, 3.8) is 0 Å². The Hall–Kier alpha value is -1.17. The summed E-state index contributed by atoms with van der Waals surface area (Å²) in [6, 6.07) is 5.84. The normalized spacial score (nSPS) is 9.50. The fraction of sp³-hybridized carbons (Fsp3) is 0.364. The van der Waals surface area contributed by atoms with Crippen LogP contribution in [-0.2, 0) is 0 Å². The van der Waals surface area contributed by atoms with Crippen LogP contribution in [0.4, 0.5) is 5.69 Å². The molecule has 0 aliphatic rings. The molecule has 102 valence electrons. The van der Waals surface area contributed by atoms with Crippen LogP contribution < -0.4 is 15.4 Å². The van der Waals surface area contributed by atoms with Gasteiger partial charge in [0, 0.05) is 26.3 Å². The van der Waals surface area contributed by atoms with Gasteiger partial charge in [0.1, 0.15) is 6.61 Å². The third-order valence-corrected chi connectivity index (χ3v) is 2.29. The van der Waals surface area contributed by atoms with Crippen LogP contribution in [0.25, 0.3) is 11.0 Å². The van der Waals surface area contributed by atoms with Crippen LogP contribution in [0.3, 0.4) is 0 Å². The molecule has 0 spiro atoms. The average molecular weight is 294 g/mol. The second kappa shape index (κ2) is 7.31. The molecule has 0 saturated heterocycles. The van der Waals surface area contributed by atoms with Crippen LogP contribution in [0.15, 0.2) is 22.7 Å². The summed E-state index contributed by atoms with van der Waals surface area (Å²) in [5.41, 5.74) is 7.17. The van der Waals surface area contributed by atoms with Crippen molar-refractivity contribution in [2.24, 2.45) is 5.73 Å². The summed E-state index contributed by atoms with van der Waals surface area (Å²) < 4.78 is 10.5. The number of hydrogen-bond donors (Lipinski definition) is 1. The van der Waals surface area contributed by atoms with Crippen LogP contribution in [0.2, 0.25) is 0 Å². The Morgan fingerprint density at radius 3 is 2.67 bits per heavy atom. The van der Waals surface area contributed by atoms with E-state index in [1.165, 1.54) is 0 Å². The molecule has 7 heteroatoms. The Morgan fingerprint density at radius 2 is 2.06 bits per heavy atom. The lowest BCUT2D eigenvalue weighted by Crippen LogP contribution is -2.11. The molecule has 0 unspecified atom stereocenters. The molecule has 0 aliphatic carbocycles. The lowest BCUT2D eigenvalue weighted by molar-refractivity contribution is 0.293. The van der Waals surface area contributed by atoms with Crippen molar-refractivity contribution < 1.29 is 9.26 Å². The summed E-state index contributed by atoms with van der Waals surface area (Å²) >= 11 is 0. The monoisotopic (exact) mass is 293 g/mol. The number of aromatic nitrogens is 1. The van der Waals surface area contributed by atoms with Gasteiger partial charge in [-0.15, -0.1) is 24.8 Å². The number of ether oxygens (including phenoxy) is 1. The third-order valence-electron chi connectivity index (χ3n) is 2.29. The van der Waals surface area contributed by atoms with Gasteiger partial charge in [-0.25, -0.2) is 0 Å². The van der Waals surface area contributed by atoms with Gasteiger partial charge in [0.15, 0.2) is 5.58 Å². The summed E-state index contributed by atoms with van der Waals surface area (Å²) in [4.78, 5) is 2.01. The number of fused-ring (bicyclic) bond motifs is 1. The van der Waals surface area contributed by atoms with Gasteiger partial charge in [-0.2, -0.15) is 0 Å². The van der Waals surface area contributed by atoms with Crippen LogP contribution in [0, 0.1) is 0 Å². The Bertz CT molecular complexity index is 488. The van der Waals surface area contributed by atoms with Crippen LogP contribution in [-0.4, -0.2) is 32.4 Å². The number of anilines is 1. The molecular weight excluding hydrogens is 277 g/mol. The van der Waals surface area contributed by atoms with Gasteiger partial charge in [0.25, 0.3) is 5.88 Å². The van der Waals surface area contributed by atoms with Gasteiger partial charge in [0.05, 0.1) is 5.39 Å². The molecule has 2 N–H and O–H groups in total. The fourth-order valence-corrected chi connectivity index (χ4v) is 1.44. The standard InChI is InChI=1S/C11H15N3O2.2ClH/c1-14(2)8-3-4-10-9(7-8)11(13-16-10)15-6-5-12;;/h3-4,7H,5-6,12H2,1-2H3;2*1H. The maximum Gasteiger partial charge on any atom is 0.262 e. The Labute approximate surface area is 118 Å². The van der Waals surface area contributed by atoms with E-state index in [-0.39, 0.29) is 24.8 Å². The Kier molecular flexibility index (Phi) is 6.83. The van der Waals surface area contributed by atoms with Crippen LogP contribution in [0.5, 0.6) is 5.88 Å². The first-order valence-corrected chi connectivity index (χ1v) is 5.12. The molecule has 1 heterocycles. The Morgan fingerprint density at radius 1 is 1.33 bits per heavy atom. The quantitative estimate of drug-likeness (QED) is 0.935. The minimum Gasteiger partial charge on any atom is -0.474 e. The van der Waals surface area contributed by atoms with Gasteiger partial charge in [0.2, 0.25) is 0 Å². The molecule has 0 aliphatic heterocycles. The second-order valence-corrected chi connectivity index (χ2v) is 3.70. The molecule has 0 atom stereocenters. The molecule has 1 aromatic heterocycles. The van der Waals surface area contributed by atoms with Crippen LogP contribution in [0.1, 0.15) is 0 Å². The molecule has 0 radical (unpaired) electrons. The fourth-order valence-electron chi connectivity index (χ4n) is 1.44. The molecule has 0 bridgehead atoms. The highest BCUT2D eigenvalue weighted by Crippen LogP contribution is 2.28. The number of halogens is 2. The number of benzene rings is 1. The van der Waals surface area contributed by atoms with Crippen molar-refractivity contribution in [1.82, 2.24) is 5.16 Å². The van der Waals surface area contributed by atoms with Gasteiger partial charge in [-0.1, -0.05) is 0 Å². The zero-order valence-electron chi connectivity index (χ0n) is 10.3. The number of nitrogens with zero attached hydrogens (tertiary/aromatic N) is 2. The topological polar surface area (TPSA) is 64.5 Å². The maximum atomic E-state index is 5.39. The van der Waals surface area contributed by atoms with Gasteiger partial charge in [-0.05, 0) is 23.4 Å². The number of rotatable bonds is 4. The van der Waals surface area contributed by atoms with Crippen LogP contribution >= 0.6 is 24.8 Å². The molecule has 0 saturated carbocycles. The summed E-state index contributed by atoms with van der Waals surface area (Å²) in [7, 11) is 3.96. The first kappa shape index (κ1) is 16.8. The SMILES string of the molecule is CN(C)c1ccc2onc(OCCN)c2c1.Cl.Cl. The Balaban J connectivity index is 0.00000144. The lowest BCUT2D eigenvalue weighted by atomic mass is 10.2. The van der Waals surface area contributed by atoms with E-state index in [4.69, 9.17) is 15.0 Å². The van der Waals surface area contributed by atoms with Crippen molar-refractivity contribution in [3.8, 4) is 5.88 Å². The number of nitrogens with two attached hydrogens (primary N) is 1. The zero-order valence-corrected chi connectivity index (χ0v) is 11.9. The molecule has 2 aromatic rings. The van der Waals surface area contributed by atoms with Gasteiger partial charge >= 0.3 is 0 Å². The zero-order chi connectivity index (χ0) is 11.5. The smallest absolute Gasteiger partial charge is 0.262 e. The van der Waals surface area contributed by atoms with E-state index in [2.05, 4.69) is 5.16 Å². The molecule has 0 amide bonds. The molecule has 18 heavy (non-hydrogen) atoms. The molecule has 1 aromatic carbocycles. The average Bonchev–Trinajstić information content (AvgIpc) is 2.68. The molecule has 5 nitrogen and oxygen atoms in total. The highest BCUT2D eigenvalue weighted by atomic mass is 35.5.